The topological polar surface area (TPSA) is 51.1 Å². The van der Waals surface area contributed by atoms with Crippen LogP contribution >= 0.6 is 58.2 Å². The number of halogens is 4. The number of rotatable bonds is 7. The molecule has 0 spiro atoms. The summed E-state index contributed by atoms with van der Waals surface area (Å²) >= 11 is 26.2. The molecule has 0 N–H and O–H groups in total. The first kappa shape index (κ1) is 28.4. The minimum Gasteiger partial charge on any atom is -0.493 e. The first-order valence-corrected chi connectivity index (χ1v) is 14.2. The number of aliphatic imine (C=N–C) groups is 1. The van der Waals surface area contributed by atoms with Gasteiger partial charge in [0, 0.05) is 20.6 Å². The number of thioether (sulfide) groups is 1. The highest BCUT2D eigenvalue weighted by Crippen LogP contribution is 2.41. The number of amidine groups is 1. The molecule has 1 heterocycles. The highest BCUT2D eigenvalue weighted by atomic mass is 35.5. The van der Waals surface area contributed by atoms with Crippen molar-refractivity contribution in [2.24, 2.45) is 4.99 Å². The van der Waals surface area contributed by atoms with E-state index in [0.717, 1.165) is 5.56 Å². The molecule has 0 aromatic heterocycles. The summed E-state index contributed by atoms with van der Waals surface area (Å²) in [5.74, 6) is 0.560. The van der Waals surface area contributed by atoms with Gasteiger partial charge < -0.3 is 9.47 Å². The molecular formula is C30H20Cl4N2O3S. The van der Waals surface area contributed by atoms with E-state index < -0.39 is 0 Å². The van der Waals surface area contributed by atoms with E-state index in [4.69, 9.17) is 60.9 Å². The Balaban J connectivity index is 1.48. The Morgan fingerprint density at radius 2 is 1.55 bits per heavy atom. The van der Waals surface area contributed by atoms with Crippen LogP contribution < -0.4 is 14.4 Å². The van der Waals surface area contributed by atoms with Crippen molar-refractivity contribution in [1.82, 2.24) is 0 Å². The van der Waals surface area contributed by atoms with E-state index in [1.165, 1.54) is 18.9 Å². The molecule has 5 rings (SSSR count). The lowest BCUT2D eigenvalue weighted by molar-refractivity contribution is -0.113. The van der Waals surface area contributed by atoms with Crippen LogP contribution in [0.2, 0.25) is 20.1 Å². The largest absolute Gasteiger partial charge is 0.493 e. The first-order chi connectivity index (χ1) is 19.3. The molecule has 40 heavy (non-hydrogen) atoms. The SMILES string of the molecule is COc1cc(/C=C2\SC(=Nc3ccc(Cl)cc3)N(c3ccc(Cl)cc3)C2=O)cc(Cl)c1OCc1ccccc1Cl. The van der Waals surface area contributed by atoms with Crippen molar-refractivity contribution in [2.75, 3.05) is 12.0 Å². The zero-order chi connectivity index (χ0) is 28.2. The fourth-order valence-electron chi connectivity index (χ4n) is 3.87. The average Bonchev–Trinajstić information content (AvgIpc) is 3.24. The Morgan fingerprint density at radius 3 is 2.23 bits per heavy atom. The van der Waals surface area contributed by atoms with Crippen molar-refractivity contribution in [2.45, 2.75) is 6.61 Å². The molecule has 0 radical (unpaired) electrons. The van der Waals surface area contributed by atoms with E-state index in [9.17, 15) is 4.79 Å². The first-order valence-electron chi connectivity index (χ1n) is 11.9. The second-order valence-electron chi connectivity index (χ2n) is 8.51. The van der Waals surface area contributed by atoms with Gasteiger partial charge in [0.25, 0.3) is 5.91 Å². The minimum atomic E-state index is -0.242. The summed E-state index contributed by atoms with van der Waals surface area (Å²) in [4.78, 5) is 20.4. The number of ether oxygens (including phenoxy) is 2. The highest BCUT2D eigenvalue weighted by Gasteiger charge is 2.35. The monoisotopic (exact) mass is 628 g/mol. The molecule has 1 aliphatic rings. The number of benzene rings is 4. The average molecular weight is 630 g/mol. The highest BCUT2D eigenvalue weighted by molar-refractivity contribution is 8.19. The van der Waals surface area contributed by atoms with E-state index >= 15 is 0 Å². The van der Waals surface area contributed by atoms with Gasteiger partial charge in [-0.25, -0.2) is 4.99 Å². The summed E-state index contributed by atoms with van der Waals surface area (Å²) in [5.41, 5.74) is 2.77. The maximum Gasteiger partial charge on any atom is 0.271 e. The van der Waals surface area contributed by atoms with Crippen molar-refractivity contribution in [3.8, 4) is 11.5 Å². The van der Waals surface area contributed by atoms with Crippen LogP contribution in [0, 0.1) is 0 Å². The van der Waals surface area contributed by atoms with Crippen LogP contribution in [0.4, 0.5) is 11.4 Å². The molecule has 1 saturated heterocycles. The molecule has 5 nitrogen and oxygen atoms in total. The molecule has 10 heteroatoms. The third kappa shape index (κ3) is 6.43. The van der Waals surface area contributed by atoms with Gasteiger partial charge in [0.05, 0.1) is 28.4 Å². The lowest BCUT2D eigenvalue weighted by Crippen LogP contribution is -2.28. The van der Waals surface area contributed by atoms with Gasteiger partial charge in [0.2, 0.25) is 0 Å². The summed E-state index contributed by atoms with van der Waals surface area (Å²) in [6.45, 7) is 0.213. The van der Waals surface area contributed by atoms with Gasteiger partial charge in [-0.2, -0.15) is 0 Å². The third-order valence-corrected chi connectivity index (χ3v) is 7.94. The molecular weight excluding hydrogens is 610 g/mol. The summed E-state index contributed by atoms with van der Waals surface area (Å²) < 4.78 is 11.5. The number of amides is 1. The maximum absolute atomic E-state index is 13.6. The van der Waals surface area contributed by atoms with Gasteiger partial charge in [0.15, 0.2) is 16.7 Å². The van der Waals surface area contributed by atoms with Crippen molar-refractivity contribution < 1.29 is 14.3 Å². The predicted octanol–water partition coefficient (Wildman–Crippen LogP) is 9.70. The van der Waals surface area contributed by atoms with Gasteiger partial charge in [-0.15, -0.1) is 0 Å². The second-order valence-corrected chi connectivity index (χ2v) is 11.2. The van der Waals surface area contributed by atoms with Crippen molar-refractivity contribution in [3.63, 3.8) is 0 Å². The minimum absolute atomic E-state index is 0.213. The van der Waals surface area contributed by atoms with Crippen molar-refractivity contribution in [3.05, 3.63) is 121 Å². The molecule has 202 valence electrons. The lowest BCUT2D eigenvalue weighted by Gasteiger charge is -2.16. The number of methoxy groups -OCH3 is 1. The van der Waals surface area contributed by atoms with Crippen LogP contribution in [-0.4, -0.2) is 18.2 Å². The molecule has 4 aromatic carbocycles. The number of carbonyl (C=O) groups excluding carboxylic acids is 1. The lowest BCUT2D eigenvalue weighted by atomic mass is 10.1. The summed E-state index contributed by atoms with van der Waals surface area (Å²) in [6.07, 6.45) is 1.74. The Labute approximate surface area is 255 Å². The van der Waals surface area contributed by atoms with Crippen LogP contribution in [-0.2, 0) is 11.4 Å². The van der Waals surface area contributed by atoms with E-state index in [1.807, 2.05) is 18.2 Å². The van der Waals surface area contributed by atoms with Crippen LogP contribution in [0.25, 0.3) is 6.08 Å². The predicted molar refractivity (Wildman–Crippen MR) is 167 cm³/mol. The van der Waals surface area contributed by atoms with E-state index in [1.54, 1.807) is 77.7 Å². The number of carbonyl (C=O) groups is 1. The molecule has 0 saturated carbocycles. The molecule has 0 unspecified atom stereocenters. The summed E-state index contributed by atoms with van der Waals surface area (Å²) in [7, 11) is 1.53. The number of hydrogen-bond acceptors (Lipinski definition) is 5. The fourth-order valence-corrected chi connectivity index (χ4v) is 5.59. The summed E-state index contributed by atoms with van der Waals surface area (Å²) in [5, 5.41) is 2.57. The molecule has 1 amide bonds. The van der Waals surface area contributed by atoms with Gasteiger partial charge in [-0.3, -0.25) is 9.69 Å². The van der Waals surface area contributed by atoms with E-state index in [-0.39, 0.29) is 12.5 Å². The van der Waals surface area contributed by atoms with Crippen LogP contribution in [0.3, 0.4) is 0 Å². The van der Waals surface area contributed by atoms with Gasteiger partial charge in [-0.05, 0) is 90.1 Å². The van der Waals surface area contributed by atoms with Crippen molar-refractivity contribution >= 4 is 86.7 Å². The Morgan fingerprint density at radius 1 is 0.875 bits per heavy atom. The Bertz CT molecular complexity index is 1620. The van der Waals surface area contributed by atoms with E-state index in [0.29, 0.717) is 58.6 Å². The Kier molecular flexibility index (Phi) is 8.94. The molecule has 0 aliphatic carbocycles. The van der Waals surface area contributed by atoms with Gasteiger partial charge >= 0.3 is 0 Å². The van der Waals surface area contributed by atoms with Crippen LogP contribution in [0.15, 0.2) is 94.8 Å². The molecule has 0 bridgehead atoms. The molecule has 0 atom stereocenters. The Hall–Kier alpha value is -3.13. The zero-order valence-corrected chi connectivity index (χ0v) is 24.7. The second kappa shape index (κ2) is 12.6. The van der Waals surface area contributed by atoms with Crippen LogP contribution in [0.1, 0.15) is 11.1 Å². The van der Waals surface area contributed by atoms with Gasteiger partial charge in [0.1, 0.15) is 6.61 Å². The molecule has 1 aliphatic heterocycles. The maximum atomic E-state index is 13.6. The molecule has 4 aromatic rings. The normalized spacial score (nSPS) is 15.2. The smallest absolute Gasteiger partial charge is 0.271 e. The standard InChI is InChI=1S/C30H20Cl4N2O3S/c1-38-26-15-18(14-25(34)28(26)39-17-19-4-2-3-5-24(19)33)16-27-29(37)36(23-12-8-21(32)9-13-23)30(40-27)35-22-10-6-20(31)7-11-22/h2-16H,17H2,1H3/b27-16-,35-30?. The van der Waals surface area contributed by atoms with E-state index in [2.05, 4.69) is 0 Å². The number of hydrogen-bond donors (Lipinski definition) is 0. The fraction of sp³-hybridized carbons (Fsp3) is 0.0667. The zero-order valence-electron chi connectivity index (χ0n) is 20.9. The van der Waals surface area contributed by atoms with Crippen molar-refractivity contribution in [1.29, 1.82) is 0 Å². The number of nitrogens with zero attached hydrogens (tertiary/aromatic N) is 2. The quantitative estimate of drug-likeness (QED) is 0.191. The van der Waals surface area contributed by atoms with Gasteiger partial charge in [-0.1, -0.05) is 64.6 Å². The molecule has 1 fully saturated rings. The third-order valence-electron chi connectivity index (χ3n) is 5.82. The number of anilines is 1. The van der Waals surface area contributed by atoms with Crippen LogP contribution in [0.5, 0.6) is 11.5 Å². The summed E-state index contributed by atoms with van der Waals surface area (Å²) in [6, 6.07) is 24.9.